The van der Waals surface area contributed by atoms with E-state index in [1.54, 1.807) is 0 Å². The number of hydrogen-bond donors (Lipinski definition) is 1. The van der Waals surface area contributed by atoms with Crippen LogP contribution in [0.2, 0.25) is 0 Å². The van der Waals surface area contributed by atoms with E-state index in [0.29, 0.717) is 0 Å². The van der Waals surface area contributed by atoms with E-state index < -0.39 is 0 Å². The van der Waals surface area contributed by atoms with Gasteiger partial charge in [0.15, 0.2) is 0 Å². The Kier molecular flexibility index (Phi) is 8.59. The van der Waals surface area contributed by atoms with Crippen molar-refractivity contribution in [2.45, 2.75) is 32.7 Å². The van der Waals surface area contributed by atoms with Crippen molar-refractivity contribution in [1.82, 2.24) is 10.3 Å². The second kappa shape index (κ2) is 8.97. The largest absolute Gasteiger partial charge is 0.313 e. The van der Waals surface area contributed by atoms with Crippen LogP contribution in [0.25, 0.3) is 0 Å². The SMILES string of the molecule is CCCCCNCc1ccncc1.Cl. The lowest BCUT2D eigenvalue weighted by molar-refractivity contribution is 0.616. The topological polar surface area (TPSA) is 24.9 Å². The molecule has 0 aliphatic rings. The summed E-state index contributed by atoms with van der Waals surface area (Å²) in [5.74, 6) is 0. The Hall–Kier alpha value is -0.600. The molecule has 0 saturated carbocycles. The summed E-state index contributed by atoms with van der Waals surface area (Å²) < 4.78 is 0. The molecule has 1 aromatic heterocycles. The van der Waals surface area contributed by atoms with Gasteiger partial charge in [-0.2, -0.15) is 0 Å². The van der Waals surface area contributed by atoms with Crippen molar-refractivity contribution in [2.75, 3.05) is 6.54 Å². The monoisotopic (exact) mass is 214 g/mol. The lowest BCUT2D eigenvalue weighted by Gasteiger charge is -2.03. The van der Waals surface area contributed by atoms with Gasteiger partial charge < -0.3 is 5.32 Å². The van der Waals surface area contributed by atoms with Gasteiger partial charge in [0.1, 0.15) is 0 Å². The average Bonchev–Trinajstić information content (AvgIpc) is 2.19. The molecule has 0 saturated heterocycles. The maximum atomic E-state index is 3.98. The normalized spacial score (nSPS) is 9.50. The van der Waals surface area contributed by atoms with Crippen molar-refractivity contribution in [2.24, 2.45) is 0 Å². The Labute approximate surface area is 92.5 Å². The molecular formula is C11H19ClN2. The molecule has 3 heteroatoms. The number of unbranched alkanes of at least 4 members (excludes halogenated alkanes) is 2. The first-order valence-electron chi connectivity index (χ1n) is 5.03. The fourth-order valence-electron chi connectivity index (χ4n) is 1.23. The molecule has 0 aromatic carbocycles. The molecule has 1 rings (SSSR count). The lowest BCUT2D eigenvalue weighted by Crippen LogP contribution is -2.14. The van der Waals surface area contributed by atoms with Crippen LogP contribution in [0, 0.1) is 0 Å². The van der Waals surface area contributed by atoms with Crippen LogP contribution in [0.15, 0.2) is 24.5 Å². The van der Waals surface area contributed by atoms with Crippen LogP contribution in [0.5, 0.6) is 0 Å². The van der Waals surface area contributed by atoms with E-state index in [0.717, 1.165) is 13.1 Å². The third-order valence-electron chi connectivity index (χ3n) is 2.04. The molecular weight excluding hydrogens is 196 g/mol. The summed E-state index contributed by atoms with van der Waals surface area (Å²) in [5.41, 5.74) is 1.31. The summed E-state index contributed by atoms with van der Waals surface area (Å²) in [6.45, 7) is 4.31. The third kappa shape index (κ3) is 5.95. The molecule has 0 atom stereocenters. The Balaban J connectivity index is 0.00000169. The van der Waals surface area contributed by atoms with Crippen LogP contribution >= 0.6 is 12.4 Å². The number of aromatic nitrogens is 1. The molecule has 1 aromatic rings. The first-order valence-corrected chi connectivity index (χ1v) is 5.03. The fraction of sp³-hybridized carbons (Fsp3) is 0.545. The second-order valence-corrected chi connectivity index (χ2v) is 3.24. The number of hydrogen-bond acceptors (Lipinski definition) is 2. The van der Waals surface area contributed by atoms with Gasteiger partial charge in [0, 0.05) is 18.9 Å². The van der Waals surface area contributed by atoms with Crippen LogP contribution in [0.4, 0.5) is 0 Å². The van der Waals surface area contributed by atoms with Crippen LogP contribution < -0.4 is 5.32 Å². The summed E-state index contributed by atoms with van der Waals surface area (Å²) in [4.78, 5) is 3.98. The molecule has 1 heterocycles. The molecule has 0 fully saturated rings. The van der Waals surface area contributed by atoms with E-state index in [4.69, 9.17) is 0 Å². The van der Waals surface area contributed by atoms with Crippen molar-refractivity contribution in [1.29, 1.82) is 0 Å². The summed E-state index contributed by atoms with van der Waals surface area (Å²) in [7, 11) is 0. The predicted octanol–water partition coefficient (Wildman–Crippen LogP) is 2.78. The highest BCUT2D eigenvalue weighted by molar-refractivity contribution is 5.85. The first-order chi connectivity index (χ1) is 6.43. The molecule has 0 radical (unpaired) electrons. The number of halogens is 1. The molecule has 0 bridgehead atoms. The Morgan fingerprint density at radius 2 is 1.93 bits per heavy atom. The van der Waals surface area contributed by atoms with E-state index in [-0.39, 0.29) is 12.4 Å². The maximum absolute atomic E-state index is 3.98. The van der Waals surface area contributed by atoms with Crippen LogP contribution in [0.3, 0.4) is 0 Å². The molecule has 0 spiro atoms. The van der Waals surface area contributed by atoms with E-state index in [1.807, 2.05) is 24.5 Å². The van der Waals surface area contributed by atoms with E-state index in [1.165, 1.54) is 24.8 Å². The zero-order chi connectivity index (χ0) is 9.36. The number of rotatable bonds is 6. The quantitative estimate of drug-likeness (QED) is 0.737. The molecule has 14 heavy (non-hydrogen) atoms. The maximum Gasteiger partial charge on any atom is 0.0271 e. The molecule has 1 N–H and O–H groups in total. The van der Waals surface area contributed by atoms with Gasteiger partial charge in [-0.3, -0.25) is 4.98 Å². The van der Waals surface area contributed by atoms with Gasteiger partial charge in [-0.1, -0.05) is 19.8 Å². The van der Waals surface area contributed by atoms with Gasteiger partial charge in [-0.25, -0.2) is 0 Å². The Bertz CT molecular complexity index is 214. The highest BCUT2D eigenvalue weighted by Gasteiger charge is 1.90. The molecule has 2 nitrogen and oxygen atoms in total. The van der Waals surface area contributed by atoms with Crippen molar-refractivity contribution in [3.8, 4) is 0 Å². The van der Waals surface area contributed by atoms with Crippen molar-refractivity contribution in [3.63, 3.8) is 0 Å². The highest BCUT2D eigenvalue weighted by Crippen LogP contribution is 1.96. The summed E-state index contributed by atoms with van der Waals surface area (Å²) in [6, 6.07) is 4.10. The molecule has 0 amide bonds. The van der Waals surface area contributed by atoms with Crippen molar-refractivity contribution >= 4 is 12.4 Å². The highest BCUT2D eigenvalue weighted by atomic mass is 35.5. The van der Waals surface area contributed by atoms with Crippen LogP contribution in [-0.4, -0.2) is 11.5 Å². The second-order valence-electron chi connectivity index (χ2n) is 3.24. The molecule has 0 aliphatic carbocycles. The Morgan fingerprint density at radius 1 is 1.21 bits per heavy atom. The van der Waals surface area contributed by atoms with Gasteiger partial charge in [0.05, 0.1) is 0 Å². The molecule has 0 unspecified atom stereocenters. The van der Waals surface area contributed by atoms with Crippen molar-refractivity contribution in [3.05, 3.63) is 30.1 Å². The first kappa shape index (κ1) is 13.4. The zero-order valence-corrected chi connectivity index (χ0v) is 9.52. The smallest absolute Gasteiger partial charge is 0.0271 e. The minimum absolute atomic E-state index is 0. The minimum atomic E-state index is 0. The molecule has 0 aliphatic heterocycles. The average molecular weight is 215 g/mol. The predicted molar refractivity (Wildman–Crippen MR) is 62.7 cm³/mol. The summed E-state index contributed by atoms with van der Waals surface area (Å²) in [6.07, 6.45) is 7.56. The van der Waals surface area contributed by atoms with Gasteiger partial charge in [0.2, 0.25) is 0 Å². The van der Waals surface area contributed by atoms with E-state index in [2.05, 4.69) is 17.2 Å². The standard InChI is InChI=1S/C11H18N2.ClH/c1-2-3-4-7-13-10-11-5-8-12-9-6-11;/h5-6,8-9,13H,2-4,7,10H2,1H3;1H. The number of nitrogens with zero attached hydrogens (tertiary/aromatic N) is 1. The van der Waals surface area contributed by atoms with E-state index in [9.17, 15) is 0 Å². The minimum Gasteiger partial charge on any atom is -0.313 e. The number of nitrogens with one attached hydrogen (secondary N) is 1. The fourth-order valence-corrected chi connectivity index (χ4v) is 1.23. The summed E-state index contributed by atoms with van der Waals surface area (Å²) >= 11 is 0. The third-order valence-corrected chi connectivity index (χ3v) is 2.04. The number of pyridine rings is 1. The van der Waals surface area contributed by atoms with Crippen molar-refractivity contribution < 1.29 is 0 Å². The van der Waals surface area contributed by atoms with Crippen LogP contribution in [0.1, 0.15) is 31.7 Å². The van der Waals surface area contributed by atoms with Gasteiger partial charge in [-0.15, -0.1) is 12.4 Å². The van der Waals surface area contributed by atoms with E-state index >= 15 is 0 Å². The molecule has 80 valence electrons. The zero-order valence-electron chi connectivity index (χ0n) is 8.70. The van der Waals surface area contributed by atoms with Gasteiger partial charge in [0.25, 0.3) is 0 Å². The summed E-state index contributed by atoms with van der Waals surface area (Å²) in [5, 5.41) is 3.41. The van der Waals surface area contributed by atoms with Gasteiger partial charge in [-0.05, 0) is 30.7 Å². The Morgan fingerprint density at radius 3 is 2.57 bits per heavy atom. The lowest BCUT2D eigenvalue weighted by atomic mass is 10.2. The van der Waals surface area contributed by atoms with Crippen LogP contribution in [-0.2, 0) is 6.54 Å². The van der Waals surface area contributed by atoms with Gasteiger partial charge >= 0.3 is 0 Å².